The van der Waals surface area contributed by atoms with Crippen LogP contribution in [0, 0.1) is 6.92 Å². The fourth-order valence-electron chi connectivity index (χ4n) is 2.58. The monoisotopic (exact) mass is 233 g/mol. The van der Waals surface area contributed by atoms with Gasteiger partial charge in [0.25, 0.3) is 0 Å². The van der Waals surface area contributed by atoms with E-state index < -0.39 is 0 Å². The first-order valence-corrected chi connectivity index (χ1v) is 6.33. The van der Waals surface area contributed by atoms with E-state index in [0.29, 0.717) is 12.6 Å². The van der Waals surface area contributed by atoms with E-state index in [2.05, 4.69) is 49.0 Å². The summed E-state index contributed by atoms with van der Waals surface area (Å²) >= 11 is 0. The third-order valence-electron chi connectivity index (χ3n) is 3.73. The molecule has 94 valence electrons. The van der Waals surface area contributed by atoms with E-state index in [-0.39, 0.29) is 0 Å². The number of nitrogens with two attached hydrogens (primary N) is 1. The molecule has 0 amide bonds. The summed E-state index contributed by atoms with van der Waals surface area (Å²) in [7, 11) is 4.33. The molecule has 1 aliphatic rings. The second-order valence-corrected chi connectivity index (χ2v) is 5.18. The third-order valence-corrected chi connectivity index (χ3v) is 3.73. The zero-order chi connectivity index (χ0) is 12.4. The number of rotatable bonds is 3. The highest BCUT2D eigenvalue weighted by Gasteiger charge is 2.24. The third kappa shape index (κ3) is 2.61. The molecule has 1 heterocycles. The van der Waals surface area contributed by atoms with Crippen molar-refractivity contribution in [1.82, 2.24) is 4.90 Å². The first-order valence-electron chi connectivity index (χ1n) is 6.33. The van der Waals surface area contributed by atoms with Crippen molar-refractivity contribution in [2.24, 2.45) is 5.73 Å². The molecule has 0 aromatic heterocycles. The van der Waals surface area contributed by atoms with Crippen molar-refractivity contribution in [2.45, 2.75) is 25.9 Å². The summed E-state index contributed by atoms with van der Waals surface area (Å²) in [6.07, 6.45) is 1.26. The molecule has 1 atom stereocenters. The fourth-order valence-corrected chi connectivity index (χ4v) is 2.58. The molecule has 1 unspecified atom stereocenters. The maximum absolute atomic E-state index is 5.66. The Bertz CT molecular complexity index is 387. The van der Waals surface area contributed by atoms with E-state index in [1.807, 2.05) is 0 Å². The summed E-state index contributed by atoms with van der Waals surface area (Å²) in [5, 5.41) is 0. The molecule has 1 aromatic rings. The number of nitrogens with zero attached hydrogens (tertiary/aromatic N) is 2. The van der Waals surface area contributed by atoms with Gasteiger partial charge in [-0.1, -0.05) is 12.1 Å². The molecule has 1 aromatic carbocycles. The predicted octanol–water partition coefficient (Wildman–Crippen LogP) is 1.59. The molecule has 17 heavy (non-hydrogen) atoms. The van der Waals surface area contributed by atoms with Gasteiger partial charge in [0.05, 0.1) is 0 Å². The Morgan fingerprint density at radius 1 is 1.41 bits per heavy atom. The van der Waals surface area contributed by atoms with Crippen LogP contribution in [0.15, 0.2) is 18.2 Å². The summed E-state index contributed by atoms with van der Waals surface area (Å²) < 4.78 is 0. The standard InChI is InChI=1S/C14H23N3/c1-11-8-12(9-15)4-5-14(11)17-7-6-13(10-17)16(2)3/h4-5,8,13H,6-7,9-10,15H2,1-3H3. The second-order valence-electron chi connectivity index (χ2n) is 5.18. The van der Waals surface area contributed by atoms with Gasteiger partial charge in [-0.05, 0) is 44.6 Å². The molecule has 2 N–H and O–H groups in total. The predicted molar refractivity (Wildman–Crippen MR) is 73.4 cm³/mol. The van der Waals surface area contributed by atoms with Crippen molar-refractivity contribution < 1.29 is 0 Å². The van der Waals surface area contributed by atoms with Crippen LogP contribution in [0.4, 0.5) is 5.69 Å². The van der Waals surface area contributed by atoms with Gasteiger partial charge < -0.3 is 15.5 Å². The van der Waals surface area contributed by atoms with E-state index in [0.717, 1.165) is 13.1 Å². The van der Waals surface area contributed by atoms with E-state index >= 15 is 0 Å². The highest BCUT2D eigenvalue weighted by atomic mass is 15.2. The lowest BCUT2D eigenvalue weighted by atomic mass is 10.1. The summed E-state index contributed by atoms with van der Waals surface area (Å²) in [4.78, 5) is 4.81. The summed E-state index contributed by atoms with van der Waals surface area (Å²) in [5.74, 6) is 0. The van der Waals surface area contributed by atoms with Gasteiger partial charge in [0, 0.05) is 31.4 Å². The lowest BCUT2D eigenvalue weighted by molar-refractivity contribution is 0.315. The topological polar surface area (TPSA) is 32.5 Å². The van der Waals surface area contributed by atoms with E-state index in [1.54, 1.807) is 0 Å². The number of hydrogen-bond acceptors (Lipinski definition) is 3. The molecule has 3 heteroatoms. The summed E-state index contributed by atoms with van der Waals surface area (Å²) in [5.41, 5.74) is 9.59. The molecule has 0 spiro atoms. The minimum absolute atomic E-state index is 0.626. The van der Waals surface area contributed by atoms with Gasteiger partial charge in [-0.3, -0.25) is 0 Å². The molecule has 0 saturated carbocycles. The molecular formula is C14H23N3. The smallest absolute Gasteiger partial charge is 0.0396 e. The van der Waals surface area contributed by atoms with Crippen LogP contribution in [-0.4, -0.2) is 38.1 Å². The lowest BCUT2D eigenvalue weighted by Gasteiger charge is -2.23. The van der Waals surface area contributed by atoms with Gasteiger partial charge in [-0.25, -0.2) is 0 Å². The van der Waals surface area contributed by atoms with Crippen LogP contribution in [0.1, 0.15) is 17.5 Å². The molecule has 0 bridgehead atoms. The average Bonchev–Trinajstić information content (AvgIpc) is 2.78. The number of anilines is 1. The van der Waals surface area contributed by atoms with Crippen LogP contribution in [0.3, 0.4) is 0 Å². The Labute approximate surface area is 104 Å². The van der Waals surface area contributed by atoms with Crippen LogP contribution >= 0.6 is 0 Å². The van der Waals surface area contributed by atoms with Crippen molar-refractivity contribution in [1.29, 1.82) is 0 Å². The van der Waals surface area contributed by atoms with Crippen molar-refractivity contribution in [2.75, 3.05) is 32.1 Å². The Morgan fingerprint density at radius 3 is 2.71 bits per heavy atom. The van der Waals surface area contributed by atoms with Crippen molar-refractivity contribution in [3.63, 3.8) is 0 Å². The summed E-state index contributed by atoms with van der Waals surface area (Å²) in [6, 6.07) is 7.25. The molecular weight excluding hydrogens is 210 g/mol. The number of likely N-dealkylation sites (N-methyl/N-ethyl adjacent to an activating group) is 1. The molecule has 0 radical (unpaired) electrons. The minimum atomic E-state index is 0.626. The van der Waals surface area contributed by atoms with Gasteiger partial charge in [0.1, 0.15) is 0 Å². The number of benzene rings is 1. The van der Waals surface area contributed by atoms with Gasteiger partial charge in [0.2, 0.25) is 0 Å². The van der Waals surface area contributed by atoms with Gasteiger partial charge in [0.15, 0.2) is 0 Å². The van der Waals surface area contributed by atoms with Crippen molar-refractivity contribution >= 4 is 5.69 Å². The molecule has 3 nitrogen and oxygen atoms in total. The average molecular weight is 233 g/mol. The SMILES string of the molecule is Cc1cc(CN)ccc1N1CCC(N(C)C)C1. The second kappa shape index (κ2) is 5.07. The first-order chi connectivity index (χ1) is 8.11. The maximum atomic E-state index is 5.66. The molecule has 1 aliphatic heterocycles. The van der Waals surface area contributed by atoms with Crippen molar-refractivity contribution in [3.8, 4) is 0 Å². The van der Waals surface area contributed by atoms with Gasteiger partial charge in [-0.15, -0.1) is 0 Å². The van der Waals surface area contributed by atoms with Crippen molar-refractivity contribution in [3.05, 3.63) is 29.3 Å². The molecule has 1 saturated heterocycles. The quantitative estimate of drug-likeness (QED) is 0.860. The zero-order valence-electron chi connectivity index (χ0n) is 11.1. The number of aryl methyl sites for hydroxylation is 1. The Hall–Kier alpha value is -1.06. The fraction of sp³-hybridized carbons (Fsp3) is 0.571. The van der Waals surface area contributed by atoms with Gasteiger partial charge in [-0.2, -0.15) is 0 Å². The highest BCUT2D eigenvalue weighted by molar-refractivity contribution is 5.55. The van der Waals surface area contributed by atoms with Crippen LogP contribution in [-0.2, 0) is 6.54 Å². The Kier molecular flexibility index (Phi) is 3.69. The van der Waals surface area contributed by atoms with Crippen LogP contribution in [0.2, 0.25) is 0 Å². The minimum Gasteiger partial charge on any atom is -0.370 e. The molecule has 2 rings (SSSR count). The lowest BCUT2D eigenvalue weighted by Crippen LogP contribution is -2.31. The largest absolute Gasteiger partial charge is 0.370 e. The molecule has 1 fully saturated rings. The number of hydrogen-bond donors (Lipinski definition) is 1. The highest BCUT2D eigenvalue weighted by Crippen LogP contribution is 2.26. The van der Waals surface area contributed by atoms with Gasteiger partial charge >= 0.3 is 0 Å². The van der Waals surface area contributed by atoms with E-state index in [4.69, 9.17) is 5.73 Å². The summed E-state index contributed by atoms with van der Waals surface area (Å²) in [6.45, 7) is 5.10. The Morgan fingerprint density at radius 2 is 2.18 bits per heavy atom. The van der Waals surface area contributed by atoms with Crippen LogP contribution in [0.5, 0.6) is 0 Å². The van der Waals surface area contributed by atoms with E-state index in [9.17, 15) is 0 Å². The molecule has 0 aliphatic carbocycles. The van der Waals surface area contributed by atoms with Crippen LogP contribution < -0.4 is 10.6 Å². The first kappa shape index (κ1) is 12.4. The van der Waals surface area contributed by atoms with Crippen LogP contribution in [0.25, 0.3) is 0 Å². The Balaban J connectivity index is 2.13. The zero-order valence-corrected chi connectivity index (χ0v) is 11.1. The van der Waals surface area contributed by atoms with E-state index in [1.165, 1.54) is 23.2 Å². The maximum Gasteiger partial charge on any atom is 0.0396 e. The normalized spacial score (nSPS) is 20.3.